The third-order valence-corrected chi connectivity index (χ3v) is 7.74. The van der Waals surface area contributed by atoms with Crippen LogP contribution in [-0.2, 0) is 9.59 Å². The molecule has 3 fully saturated rings. The SMILES string of the molecule is O=C1[C@H]2[C@@H]3C=C[C@@H]([C@H]4C[C@H]34)[C@@H]2C(=O)N1c1ccc(Oc2cccc3ccccc23)cc1. The molecule has 6 atom stereocenters. The van der Waals surface area contributed by atoms with Crippen LogP contribution in [0.25, 0.3) is 10.8 Å². The van der Waals surface area contributed by atoms with Crippen LogP contribution in [0.3, 0.4) is 0 Å². The lowest BCUT2D eigenvalue weighted by Crippen LogP contribution is -2.40. The van der Waals surface area contributed by atoms with Crippen LogP contribution in [0.15, 0.2) is 78.9 Å². The van der Waals surface area contributed by atoms with E-state index in [0.29, 0.717) is 23.3 Å². The number of fused-ring (bicyclic) bond motifs is 1. The molecular weight excluding hydrogens is 386 g/mol. The summed E-state index contributed by atoms with van der Waals surface area (Å²) in [6.07, 6.45) is 5.59. The van der Waals surface area contributed by atoms with Crippen molar-refractivity contribution < 1.29 is 14.3 Å². The Morgan fingerprint density at radius 3 is 2.10 bits per heavy atom. The lowest BCUT2D eigenvalue weighted by atomic mass is 9.63. The van der Waals surface area contributed by atoms with E-state index in [1.54, 1.807) is 0 Å². The summed E-state index contributed by atoms with van der Waals surface area (Å²) in [7, 11) is 0. The molecule has 1 heterocycles. The summed E-state index contributed by atoms with van der Waals surface area (Å²) in [5, 5.41) is 2.17. The maximum absolute atomic E-state index is 13.3. The second-order valence-electron chi connectivity index (χ2n) is 9.24. The zero-order valence-electron chi connectivity index (χ0n) is 16.8. The van der Waals surface area contributed by atoms with E-state index < -0.39 is 0 Å². The van der Waals surface area contributed by atoms with Crippen LogP contribution >= 0.6 is 0 Å². The van der Waals surface area contributed by atoms with Crippen molar-refractivity contribution in [1.29, 1.82) is 0 Å². The predicted molar refractivity (Wildman–Crippen MR) is 118 cm³/mol. The molecule has 5 aliphatic rings. The fourth-order valence-corrected chi connectivity index (χ4v) is 6.29. The second-order valence-corrected chi connectivity index (χ2v) is 9.24. The van der Waals surface area contributed by atoms with Gasteiger partial charge in [-0.05, 0) is 65.8 Å². The highest BCUT2D eigenvalue weighted by Gasteiger charge is 2.67. The number of benzene rings is 3. The number of carbonyl (C=O) groups excluding carboxylic acids is 2. The van der Waals surface area contributed by atoms with E-state index in [4.69, 9.17) is 4.74 Å². The molecule has 2 saturated carbocycles. The van der Waals surface area contributed by atoms with Crippen molar-refractivity contribution in [2.45, 2.75) is 6.42 Å². The lowest BCUT2D eigenvalue weighted by Gasteiger charge is -2.37. The maximum Gasteiger partial charge on any atom is 0.238 e. The molecule has 0 radical (unpaired) electrons. The van der Waals surface area contributed by atoms with Crippen LogP contribution in [0.5, 0.6) is 11.5 Å². The van der Waals surface area contributed by atoms with E-state index in [-0.39, 0.29) is 35.5 Å². The third-order valence-electron chi connectivity index (χ3n) is 7.74. The molecular formula is C27H21NO3. The van der Waals surface area contributed by atoms with Gasteiger partial charge in [0.15, 0.2) is 0 Å². The van der Waals surface area contributed by atoms with Gasteiger partial charge in [0, 0.05) is 5.39 Å². The monoisotopic (exact) mass is 407 g/mol. The molecule has 3 aromatic carbocycles. The molecule has 0 spiro atoms. The highest BCUT2D eigenvalue weighted by molar-refractivity contribution is 6.22. The number of nitrogens with zero attached hydrogens (tertiary/aromatic N) is 1. The van der Waals surface area contributed by atoms with E-state index in [0.717, 1.165) is 16.5 Å². The molecule has 2 amide bonds. The van der Waals surface area contributed by atoms with Crippen molar-refractivity contribution in [1.82, 2.24) is 0 Å². The van der Waals surface area contributed by atoms with Crippen molar-refractivity contribution in [3.05, 3.63) is 78.9 Å². The van der Waals surface area contributed by atoms with Gasteiger partial charge in [-0.25, -0.2) is 0 Å². The Balaban J connectivity index is 1.17. The van der Waals surface area contributed by atoms with Gasteiger partial charge in [0.25, 0.3) is 0 Å². The van der Waals surface area contributed by atoms with Gasteiger partial charge in [0.05, 0.1) is 17.5 Å². The maximum atomic E-state index is 13.3. The number of hydrogen-bond acceptors (Lipinski definition) is 3. The van der Waals surface area contributed by atoms with Gasteiger partial charge < -0.3 is 4.74 Å². The van der Waals surface area contributed by atoms with Gasteiger partial charge >= 0.3 is 0 Å². The van der Waals surface area contributed by atoms with Gasteiger partial charge in [0.2, 0.25) is 11.8 Å². The Kier molecular flexibility index (Phi) is 3.39. The molecule has 4 aliphatic carbocycles. The number of hydrogen-bond donors (Lipinski definition) is 0. The van der Waals surface area contributed by atoms with Crippen molar-refractivity contribution >= 4 is 28.3 Å². The van der Waals surface area contributed by atoms with Gasteiger partial charge in [-0.2, -0.15) is 0 Å². The van der Waals surface area contributed by atoms with Crippen LogP contribution in [0.2, 0.25) is 0 Å². The van der Waals surface area contributed by atoms with Gasteiger partial charge in [-0.15, -0.1) is 0 Å². The first-order valence-corrected chi connectivity index (χ1v) is 11.0. The standard InChI is InChI=1S/C27H21NO3/c29-26-24-19-12-13-20(22-14-21(19)22)25(24)27(30)28(26)16-8-10-17(11-9-16)31-23-7-3-5-15-4-1-2-6-18(15)23/h1-13,19-22,24-25H,14H2/t19-,20+,21-,22-,24+,25+/m1/s1. The van der Waals surface area contributed by atoms with E-state index in [1.807, 2.05) is 54.6 Å². The van der Waals surface area contributed by atoms with E-state index in [1.165, 1.54) is 11.3 Å². The Hall–Kier alpha value is -3.40. The molecule has 152 valence electrons. The van der Waals surface area contributed by atoms with Crippen LogP contribution in [-0.4, -0.2) is 11.8 Å². The number of carbonyl (C=O) groups is 2. The average molecular weight is 407 g/mol. The average Bonchev–Trinajstić information content (AvgIpc) is 3.58. The number of anilines is 1. The van der Waals surface area contributed by atoms with Crippen LogP contribution in [0.1, 0.15) is 6.42 Å². The number of imide groups is 1. The Labute approximate surface area is 180 Å². The second kappa shape index (κ2) is 6.07. The van der Waals surface area contributed by atoms with Crippen LogP contribution in [0, 0.1) is 35.5 Å². The summed E-state index contributed by atoms with van der Waals surface area (Å²) in [6.45, 7) is 0. The predicted octanol–water partition coefficient (Wildman–Crippen LogP) is 5.19. The fraction of sp³-hybridized carbons (Fsp3) is 0.259. The molecule has 1 aliphatic heterocycles. The van der Waals surface area contributed by atoms with Crippen molar-refractivity contribution in [3.63, 3.8) is 0 Å². The van der Waals surface area contributed by atoms with Gasteiger partial charge in [-0.1, -0.05) is 48.6 Å². The third kappa shape index (κ3) is 2.36. The number of allylic oxidation sites excluding steroid dienone is 2. The molecule has 0 unspecified atom stereocenters. The minimum absolute atomic E-state index is 0.0255. The molecule has 0 N–H and O–H groups in total. The van der Waals surface area contributed by atoms with Crippen LogP contribution < -0.4 is 9.64 Å². The first-order valence-electron chi connectivity index (χ1n) is 11.0. The highest BCUT2D eigenvalue weighted by Crippen LogP contribution is 2.65. The molecule has 2 bridgehead atoms. The van der Waals surface area contributed by atoms with Crippen LogP contribution in [0.4, 0.5) is 5.69 Å². The molecule has 1 saturated heterocycles. The number of amides is 2. The first kappa shape index (κ1) is 17.3. The summed E-state index contributed by atoms with van der Waals surface area (Å²) >= 11 is 0. The Morgan fingerprint density at radius 2 is 1.39 bits per heavy atom. The topological polar surface area (TPSA) is 46.6 Å². The molecule has 3 aromatic rings. The highest BCUT2D eigenvalue weighted by atomic mass is 16.5. The van der Waals surface area contributed by atoms with E-state index in [2.05, 4.69) is 24.3 Å². The molecule has 4 nitrogen and oxygen atoms in total. The largest absolute Gasteiger partial charge is 0.457 e. The molecule has 4 heteroatoms. The van der Waals surface area contributed by atoms with Crippen molar-refractivity contribution in [2.24, 2.45) is 35.5 Å². The van der Waals surface area contributed by atoms with Gasteiger partial charge in [-0.3, -0.25) is 14.5 Å². The molecule has 31 heavy (non-hydrogen) atoms. The lowest BCUT2D eigenvalue weighted by molar-refractivity contribution is -0.124. The van der Waals surface area contributed by atoms with E-state index in [9.17, 15) is 9.59 Å². The summed E-state index contributed by atoms with van der Waals surface area (Å²) in [5.41, 5.74) is 0.641. The minimum Gasteiger partial charge on any atom is -0.457 e. The minimum atomic E-state index is -0.169. The Bertz CT molecular complexity index is 1240. The quantitative estimate of drug-likeness (QED) is 0.443. The summed E-state index contributed by atoms with van der Waals surface area (Å²) in [5.74, 6) is 2.80. The summed E-state index contributed by atoms with van der Waals surface area (Å²) < 4.78 is 6.12. The zero-order chi connectivity index (χ0) is 20.7. The normalized spacial score (nSPS) is 32.3. The van der Waals surface area contributed by atoms with Crippen molar-refractivity contribution in [3.8, 4) is 11.5 Å². The van der Waals surface area contributed by atoms with Crippen molar-refractivity contribution in [2.75, 3.05) is 4.90 Å². The fourth-order valence-electron chi connectivity index (χ4n) is 6.29. The summed E-state index contributed by atoms with van der Waals surface area (Å²) in [6, 6.07) is 21.4. The van der Waals surface area contributed by atoms with Gasteiger partial charge in [0.1, 0.15) is 11.5 Å². The number of rotatable bonds is 3. The molecule has 0 aromatic heterocycles. The van der Waals surface area contributed by atoms with E-state index >= 15 is 0 Å². The first-order chi connectivity index (χ1) is 15.2. The summed E-state index contributed by atoms with van der Waals surface area (Å²) in [4.78, 5) is 28.0. The molecule has 8 rings (SSSR count). The smallest absolute Gasteiger partial charge is 0.238 e. The zero-order valence-corrected chi connectivity index (χ0v) is 16.8. The Morgan fingerprint density at radius 1 is 0.742 bits per heavy atom. The number of ether oxygens (including phenoxy) is 1.